The van der Waals surface area contributed by atoms with Gasteiger partial charge in [0, 0.05) is 23.2 Å². The van der Waals surface area contributed by atoms with Crippen LogP contribution < -0.4 is 0 Å². The summed E-state index contributed by atoms with van der Waals surface area (Å²) in [6.07, 6.45) is 1.64. The van der Waals surface area contributed by atoms with Crippen molar-refractivity contribution in [1.82, 2.24) is 4.98 Å². The third-order valence-corrected chi connectivity index (χ3v) is 3.11. The zero-order valence-electron chi connectivity index (χ0n) is 10.3. The number of fused-ring (bicyclic) bond motifs is 1. The smallest absolute Gasteiger partial charge is 0.135 e. The lowest BCUT2D eigenvalue weighted by Gasteiger charge is -2.07. The molecule has 0 unspecified atom stereocenters. The molecule has 0 bridgehead atoms. The Morgan fingerprint density at radius 3 is 2.58 bits per heavy atom. The van der Waals surface area contributed by atoms with Crippen molar-refractivity contribution in [3.8, 4) is 11.3 Å². The Hall–Kier alpha value is -2.29. The average Bonchev–Trinajstić information content (AvgIpc) is 2.38. The molecule has 1 heterocycles. The van der Waals surface area contributed by atoms with E-state index in [0.29, 0.717) is 11.3 Å². The predicted octanol–water partition coefficient (Wildman–Crippen LogP) is 4.49. The van der Waals surface area contributed by atoms with Crippen LogP contribution >= 0.6 is 0 Å². The van der Waals surface area contributed by atoms with Crippen molar-refractivity contribution in [3.05, 3.63) is 65.9 Å². The molecule has 0 fully saturated rings. The lowest BCUT2D eigenvalue weighted by molar-refractivity contribution is 0.585. The van der Waals surface area contributed by atoms with Crippen LogP contribution in [0.4, 0.5) is 8.78 Å². The summed E-state index contributed by atoms with van der Waals surface area (Å²) < 4.78 is 26.8. The van der Waals surface area contributed by atoms with Gasteiger partial charge in [0.2, 0.25) is 0 Å². The van der Waals surface area contributed by atoms with Crippen molar-refractivity contribution < 1.29 is 8.78 Å². The molecule has 0 aliphatic heterocycles. The summed E-state index contributed by atoms with van der Waals surface area (Å²) in [6.45, 7) is 2.00. The van der Waals surface area contributed by atoms with Crippen LogP contribution in [0, 0.1) is 18.6 Å². The van der Waals surface area contributed by atoms with Crippen molar-refractivity contribution in [1.29, 1.82) is 0 Å². The molecule has 0 N–H and O–H groups in total. The van der Waals surface area contributed by atoms with Gasteiger partial charge in [-0.05, 0) is 30.5 Å². The zero-order valence-corrected chi connectivity index (χ0v) is 10.3. The van der Waals surface area contributed by atoms with E-state index in [1.165, 1.54) is 12.1 Å². The van der Waals surface area contributed by atoms with E-state index in [1.54, 1.807) is 6.20 Å². The highest BCUT2D eigenvalue weighted by Crippen LogP contribution is 2.29. The molecule has 0 radical (unpaired) electrons. The van der Waals surface area contributed by atoms with Gasteiger partial charge in [-0.3, -0.25) is 4.98 Å². The van der Waals surface area contributed by atoms with Crippen molar-refractivity contribution >= 4 is 10.8 Å². The summed E-state index contributed by atoms with van der Waals surface area (Å²) in [6, 6.07) is 11.3. The topological polar surface area (TPSA) is 12.9 Å². The minimum Gasteiger partial charge on any atom is -0.255 e. The van der Waals surface area contributed by atoms with Gasteiger partial charge in [0.25, 0.3) is 0 Å². The number of benzene rings is 2. The Balaban J connectivity index is 2.30. The first-order valence-electron chi connectivity index (χ1n) is 5.96. The number of pyridine rings is 1. The van der Waals surface area contributed by atoms with E-state index in [2.05, 4.69) is 4.98 Å². The van der Waals surface area contributed by atoms with Gasteiger partial charge >= 0.3 is 0 Å². The van der Waals surface area contributed by atoms with Crippen LogP contribution in [0.5, 0.6) is 0 Å². The van der Waals surface area contributed by atoms with Crippen molar-refractivity contribution in [2.75, 3.05) is 0 Å². The Morgan fingerprint density at radius 2 is 1.79 bits per heavy atom. The second-order valence-electron chi connectivity index (χ2n) is 4.51. The van der Waals surface area contributed by atoms with E-state index < -0.39 is 11.6 Å². The molecule has 0 atom stereocenters. The minimum absolute atomic E-state index is 0.316. The number of hydrogen-bond acceptors (Lipinski definition) is 1. The molecule has 0 spiro atoms. The van der Waals surface area contributed by atoms with Crippen LogP contribution in [0.15, 0.2) is 48.7 Å². The highest BCUT2D eigenvalue weighted by atomic mass is 19.1. The monoisotopic (exact) mass is 255 g/mol. The largest absolute Gasteiger partial charge is 0.255 e. The highest BCUT2D eigenvalue weighted by molar-refractivity contribution is 5.94. The Morgan fingerprint density at radius 1 is 0.947 bits per heavy atom. The Labute approximate surface area is 109 Å². The molecule has 0 saturated heterocycles. The molecule has 0 aliphatic rings. The van der Waals surface area contributed by atoms with E-state index in [9.17, 15) is 8.78 Å². The lowest BCUT2D eigenvalue weighted by atomic mass is 10.0. The molecule has 2 aromatic carbocycles. The van der Waals surface area contributed by atoms with E-state index >= 15 is 0 Å². The van der Waals surface area contributed by atoms with E-state index in [0.717, 1.165) is 22.4 Å². The molecule has 19 heavy (non-hydrogen) atoms. The average molecular weight is 255 g/mol. The molecule has 3 rings (SSSR count). The number of aryl methyl sites for hydroxylation is 1. The van der Waals surface area contributed by atoms with Gasteiger partial charge in [0.15, 0.2) is 0 Å². The van der Waals surface area contributed by atoms with E-state index in [4.69, 9.17) is 0 Å². The Kier molecular flexibility index (Phi) is 2.75. The lowest BCUT2D eigenvalue weighted by Crippen LogP contribution is -1.91. The standard InChI is InChI=1S/C16H11F2N/c1-10-2-4-13-11(8-10)6-7-19-16(13)14-5-3-12(17)9-15(14)18/h2-9H,1H3. The SMILES string of the molecule is Cc1ccc2c(-c3ccc(F)cc3F)nccc2c1. The fourth-order valence-corrected chi connectivity index (χ4v) is 2.19. The van der Waals surface area contributed by atoms with Gasteiger partial charge in [-0.2, -0.15) is 0 Å². The van der Waals surface area contributed by atoms with Crippen LogP contribution in [-0.4, -0.2) is 4.98 Å². The molecule has 3 aromatic rings. The van der Waals surface area contributed by atoms with Gasteiger partial charge in [0.05, 0.1) is 5.69 Å². The normalized spacial score (nSPS) is 10.9. The zero-order chi connectivity index (χ0) is 13.4. The van der Waals surface area contributed by atoms with Crippen LogP contribution in [0.2, 0.25) is 0 Å². The summed E-state index contributed by atoms with van der Waals surface area (Å²) in [5.41, 5.74) is 1.98. The summed E-state index contributed by atoms with van der Waals surface area (Å²) in [5.74, 6) is -1.18. The second-order valence-corrected chi connectivity index (χ2v) is 4.51. The highest BCUT2D eigenvalue weighted by Gasteiger charge is 2.11. The fraction of sp³-hybridized carbons (Fsp3) is 0.0625. The van der Waals surface area contributed by atoms with Crippen LogP contribution in [-0.2, 0) is 0 Å². The fourth-order valence-electron chi connectivity index (χ4n) is 2.19. The molecular formula is C16H11F2N. The third kappa shape index (κ3) is 2.08. The molecule has 0 saturated carbocycles. The maximum Gasteiger partial charge on any atom is 0.135 e. The molecule has 0 amide bonds. The number of rotatable bonds is 1. The predicted molar refractivity (Wildman–Crippen MR) is 71.8 cm³/mol. The first kappa shape index (κ1) is 11.8. The first-order chi connectivity index (χ1) is 9.15. The van der Waals surface area contributed by atoms with Crippen molar-refractivity contribution in [2.45, 2.75) is 6.92 Å². The summed E-state index contributed by atoms with van der Waals surface area (Å²) in [4.78, 5) is 4.23. The van der Waals surface area contributed by atoms with E-state index in [-0.39, 0.29) is 0 Å². The number of hydrogen-bond donors (Lipinski definition) is 0. The molecular weight excluding hydrogens is 244 g/mol. The second kappa shape index (κ2) is 4.43. The Bertz CT molecular complexity index is 766. The van der Waals surface area contributed by atoms with E-state index in [1.807, 2.05) is 31.2 Å². The van der Waals surface area contributed by atoms with Crippen molar-refractivity contribution in [3.63, 3.8) is 0 Å². The molecule has 1 nitrogen and oxygen atoms in total. The summed E-state index contributed by atoms with van der Waals surface area (Å²) in [5, 5.41) is 1.85. The number of aromatic nitrogens is 1. The van der Waals surface area contributed by atoms with Crippen LogP contribution in [0.25, 0.3) is 22.0 Å². The maximum absolute atomic E-state index is 13.9. The summed E-state index contributed by atoms with van der Waals surface area (Å²) >= 11 is 0. The molecule has 1 aromatic heterocycles. The van der Waals surface area contributed by atoms with Gasteiger partial charge in [-0.25, -0.2) is 8.78 Å². The number of halogens is 2. The molecule has 3 heteroatoms. The van der Waals surface area contributed by atoms with Crippen LogP contribution in [0.1, 0.15) is 5.56 Å². The van der Waals surface area contributed by atoms with Gasteiger partial charge in [-0.1, -0.05) is 23.8 Å². The third-order valence-electron chi connectivity index (χ3n) is 3.11. The van der Waals surface area contributed by atoms with Gasteiger partial charge in [0.1, 0.15) is 11.6 Å². The molecule has 94 valence electrons. The molecule has 0 aliphatic carbocycles. The van der Waals surface area contributed by atoms with Crippen LogP contribution in [0.3, 0.4) is 0 Å². The minimum atomic E-state index is -0.597. The van der Waals surface area contributed by atoms with Crippen molar-refractivity contribution in [2.24, 2.45) is 0 Å². The van der Waals surface area contributed by atoms with Gasteiger partial charge in [-0.15, -0.1) is 0 Å². The maximum atomic E-state index is 13.9. The first-order valence-corrected chi connectivity index (χ1v) is 5.96. The number of nitrogens with zero attached hydrogens (tertiary/aromatic N) is 1. The quantitative estimate of drug-likeness (QED) is 0.624. The summed E-state index contributed by atoms with van der Waals surface area (Å²) in [7, 11) is 0. The van der Waals surface area contributed by atoms with Gasteiger partial charge < -0.3 is 0 Å².